The van der Waals surface area contributed by atoms with Crippen molar-refractivity contribution in [2.75, 3.05) is 0 Å². The summed E-state index contributed by atoms with van der Waals surface area (Å²) in [4.78, 5) is 7.50. The number of hydrogen-bond acceptors (Lipinski definition) is 2. The van der Waals surface area contributed by atoms with Gasteiger partial charge in [-0.25, -0.2) is 4.98 Å². The smallest absolute Gasteiger partial charge is 0.264 e. The van der Waals surface area contributed by atoms with E-state index in [1.807, 2.05) is 0 Å². The van der Waals surface area contributed by atoms with Crippen molar-refractivity contribution in [1.29, 1.82) is 0 Å². The summed E-state index contributed by atoms with van der Waals surface area (Å²) in [6, 6.07) is 5.55. The van der Waals surface area contributed by atoms with E-state index >= 15 is 0 Å². The van der Waals surface area contributed by atoms with Crippen LogP contribution < -0.4 is 0 Å². The summed E-state index contributed by atoms with van der Waals surface area (Å²) >= 11 is 5.71. The number of halogens is 4. The highest BCUT2D eigenvalue weighted by molar-refractivity contribution is 6.17. The molecule has 0 atom stereocenters. The van der Waals surface area contributed by atoms with Gasteiger partial charge in [-0.1, -0.05) is 6.07 Å². The molecule has 0 saturated heterocycles. The second kappa shape index (κ2) is 4.94. The molecule has 2 heterocycles. The Kier molecular flexibility index (Phi) is 3.52. The van der Waals surface area contributed by atoms with Crippen LogP contribution in [0.1, 0.15) is 11.3 Å². The summed E-state index contributed by atoms with van der Waals surface area (Å²) in [5.41, 5.74) is 0.333. The van der Waals surface area contributed by atoms with E-state index in [9.17, 15) is 13.2 Å². The first kappa shape index (κ1) is 12.8. The van der Waals surface area contributed by atoms with Crippen molar-refractivity contribution in [3.63, 3.8) is 0 Å². The summed E-state index contributed by atoms with van der Waals surface area (Å²) in [5.74, 6) is 0.0926. The molecule has 94 valence electrons. The Labute approximate surface area is 106 Å². The Bertz CT molecular complexity index is 541. The molecule has 0 fully saturated rings. The summed E-state index contributed by atoms with van der Waals surface area (Å²) in [6.07, 6.45) is -1.47. The van der Waals surface area contributed by atoms with Gasteiger partial charge < -0.3 is 0 Å². The monoisotopic (exact) mass is 272 g/mol. The third kappa shape index (κ3) is 2.61. The summed E-state index contributed by atoms with van der Waals surface area (Å²) < 4.78 is 37.8. The normalized spacial score (nSPS) is 11.6. The molecule has 0 spiro atoms. The molecular weight excluding hydrogens is 265 g/mol. The van der Waals surface area contributed by atoms with Gasteiger partial charge in [0.05, 0.1) is 5.69 Å². The van der Waals surface area contributed by atoms with Crippen molar-refractivity contribution >= 4 is 11.6 Å². The van der Waals surface area contributed by atoms with Crippen molar-refractivity contribution in [3.05, 3.63) is 47.9 Å². The highest BCUT2D eigenvalue weighted by Gasteiger charge is 2.33. The maximum Gasteiger partial charge on any atom is 0.433 e. The molecule has 2 nitrogen and oxygen atoms in total. The van der Waals surface area contributed by atoms with Gasteiger partial charge in [0, 0.05) is 23.8 Å². The summed E-state index contributed by atoms with van der Waals surface area (Å²) in [7, 11) is 0. The lowest BCUT2D eigenvalue weighted by atomic mass is 10.1. The van der Waals surface area contributed by atoms with Crippen LogP contribution in [-0.2, 0) is 12.1 Å². The van der Waals surface area contributed by atoms with Gasteiger partial charge >= 0.3 is 6.18 Å². The standard InChI is InChI=1S/C12H8ClF3N2/c13-6-8-3-4-10(12(14,15)16)18-11(8)9-2-1-5-17-7-9/h1-5,7H,6H2. The first-order valence-electron chi connectivity index (χ1n) is 5.06. The predicted octanol–water partition coefficient (Wildman–Crippen LogP) is 3.90. The van der Waals surface area contributed by atoms with E-state index in [0.29, 0.717) is 11.1 Å². The van der Waals surface area contributed by atoms with Crippen molar-refractivity contribution in [2.45, 2.75) is 12.1 Å². The van der Waals surface area contributed by atoms with E-state index in [2.05, 4.69) is 9.97 Å². The number of aromatic nitrogens is 2. The van der Waals surface area contributed by atoms with Crippen LogP contribution in [0.25, 0.3) is 11.3 Å². The van der Waals surface area contributed by atoms with E-state index in [4.69, 9.17) is 11.6 Å². The van der Waals surface area contributed by atoms with E-state index in [0.717, 1.165) is 6.07 Å². The predicted molar refractivity (Wildman–Crippen MR) is 62.0 cm³/mol. The Hall–Kier alpha value is -1.62. The van der Waals surface area contributed by atoms with Crippen LogP contribution in [0.4, 0.5) is 13.2 Å². The van der Waals surface area contributed by atoms with Crippen LogP contribution in [0.3, 0.4) is 0 Å². The van der Waals surface area contributed by atoms with Crippen LogP contribution in [0.15, 0.2) is 36.7 Å². The molecule has 2 aromatic rings. The fourth-order valence-electron chi connectivity index (χ4n) is 1.51. The van der Waals surface area contributed by atoms with Crippen LogP contribution in [0.5, 0.6) is 0 Å². The molecule has 0 aliphatic rings. The minimum absolute atomic E-state index is 0.0926. The highest BCUT2D eigenvalue weighted by atomic mass is 35.5. The lowest BCUT2D eigenvalue weighted by Crippen LogP contribution is -2.09. The third-order valence-corrected chi connectivity index (χ3v) is 2.64. The molecule has 0 saturated carbocycles. The van der Waals surface area contributed by atoms with Gasteiger partial charge in [-0.3, -0.25) is 4.98 Å². The summed E-state index contributed by atoms with van der Waals surface area (Å²) in [6.45, 7) is 0. The molecule has 0 aromatic carbocycles. The molecule has 0 aliphatic carbocycles. The van der Waals surface area contributed by atoms with Gasteiger partial charge in [0.1, 0.15) is 5.69 Å². The number of rotatable bonds is 2. The van der Waals surface area contributed by atoms with E-state index in [1.54, 1.807) is 12.1 Å². The molecule has 0 bridgehead atoms. The molecule has 0 aliphatic heterocycles. The fourth-order valence-corrected chi connectivity index (χ4v) is 1.72. The second-order valence-electron chi connectivity index (χ2n) is 3.58. The molecule has 2 rings (SSSR count). The van der Waals surface area contributed by atoms with Crippen molar-refractivity contribution in [2.24, 2.45) is 0 Å². The third-order valence-electron chi connectivity index (χ3n) is 2.35. The Morgan fingerprint density at radius 3 is 2.50 bits per heavy atom. The Morgan fingerprint density at radius 1 is 1.17 bits per heavy atom. The van der Waals surface area contributed by atoms with Gasteiger partial charge in [0.2, 0.25) is 0 Å². The van der Waals surface area contributed by atoms with E-state index in [-0.39, 0.29) is 11.6 Å². The number of nitrogens with zero attached hydrogens (tertiary/aromatic N) is 2. The molecule has 0 amide bonds. The summed E-state index contributed by atoms with van der Waals surface area (Å²) in [5, 5.41) is 0. The molecular formula is C12H8ClF3N2. The topological polar surface area (TPSA) is 25.8 Å². The van der Waals surface area contributed by atoms with Crippen LogP contribution in [0, 0.1) is 0 Å². The van der Waals surface area contributed by atoms with Crippen LogP contribution in [0.2, 0.25) is 0 Å². The van der Waals surface area contributed by atoms with Crippen LogP contribution in [-0.4, -0.2) is 9.97 Å². The minimum Gasteiger partial charge on any atom is -0.264 e. The number of pyridine rings is 2. The molecule has 0 N–H and O–H groups in total. The van der Waals surface area contributed by atoms with Crippen molar-refractivity contribution in [1.82, 2.24) is 9.97 Å². The van der Waals surface area contributed by atoms with Gasteiger partial charge in [0.15, 0.2) is 0 Å². The molecule has 0 unspecified atom stereocenters. The Morgan fingerprint density at radius 2 is 1.94 bits per heavy atom. The quantitative estimate of drug-likeness (QED) is 0.775. The Balaban J connectivity index is 2.57. The van der Waals surface area contributed by atoms with E-state index < -0.39 is 11.9 Å². The zero-order valence-electron chi connectivity index (χ0n) is 9.08. The molecule has 2 aromatic heterocycles. The number of hydrogen-bond donors (Lipinski definition) is 0. The minimum atomic E-state index is -4.47. The van der Waals surface area contributed by atoms with Gasteiger partial charge in [-0.05, 0) is 23.8 Å². The van der Waals surface area contributed by atoms with Gasteiger partial charge in [-0.15, -0.1) is 11.6 Å². The lowest BCUT2D eigenvalue weighted by molar-refractivity contribution is -0.141. The molecule has 0 radical (unpaired) electrons. The highest BCUT2D eigenvalue weighted by Crippen LogP contribution is 2.31. The number of alkyl halides is 4. The fraction of sp³-hybridized carbons (Fsp3) is 0.167. The second-order valence-corrected chi connectivity index (χ2v) is 3.84. The van der Waals surface area contributed by atoms with Crippen molar-refractivity contribution < 1.29 is 13.2 Å². The van der Waals surface area contributed by atoms with Gasteiger partial charge in [0.25, 0.3) is 0 Å². The molecule has 6 heteroatoms. The maximum atomic E-state index is 12.6. The average Bonchev–Trinajstić information content (AvgIpc) is 2.38. The van der Waals surface area contributed by atoms with Crippen LogP contribution >= 0.6 is 11.6 Å². The largest absolute Gasteiger partial charge is 0.433 e. The van der Waals surface area contributed by atoms with Gasteiger partial charge in [-0.2, -0.15) is 13.2 Å². The zero-order valence-corrected chi connectivity index (χ0v) is 9.83. The van der Waals surface area contributed by atoms with Crippen molar-refractivity contribution in [3.8, 4) is 11.3 Å². The first-order chi connectivity index (χ1) is 8.52. The van der Waals surface area contributed by atoms with E-state index in [1.165, 1.54) is 18.5 Å². The lowest BCUT2D eigenvalue weighted by Gasteiger charge is -2.11. The zero-order chi connectivity index (χ0) is 13.2. The SMILES string of the molecule is FC(F)(F)c1ccc(CCl)c(-c2cccnc2)n1. The molecule has 18 heavy (non-hydrogen) atoms. The average molecular weight is 273 g/mol. The first-order valence-corrected chi connectivity index (χ1v) is 5.59. The maximum absolute atomic E-state index is 12.6.